The molecule has 2 aliphatic rings. The lowest BCUT2D eigenvalue weighted by Crippen LogP contribution is -2.44. The number of nitrogens with zero attached hydrogens (tertiary/aromatic N) is 4. The van der Waals surface area contributed by atoms with E-state index in [2.05, 4.69) is 10.2 Å². The van der Waals surface area contributed by atoms with Crippen LogP contribution >= 0.6 is 0 Å². The monoisotopic (exact) mass is 354 g/mol. The molecule has 0 bridgehead atoms. The van der Waals surface area contributed by atoms with E-state index in [-0.39, 0.29) is 23.8 Å². The maximum atomic E-state index is 12.6. The fourth-order valence-corrected chi connectivity index (χ4v) is 3.73. The molecule has 0 aliphatic carbocycles. The van der Waals surface area contributed by atoms with Crippen LogP contribution < -0.4 is 4.74 Å². The van der Waals surface area contributed by atoms with Crippen LogP contribution in [0.2, 0.25) is 0 Å². The van der Waals surface area contributed by atoms with Crippen LogP contribution in [0, 0.1) is 5.92 Å². The minimum atomic E-state index is -0.200. The molecule has 1 atom stereocenters. The summed E-state index contributed by atoms with van der Waals surface area (Å²) in [7, 11) is 1.75. The number of fused-ring (bicyclic) bond motifs is 1. The van der Waals surface area contributed by atoms with Crippen LogP contribution in [-0.4, -0.2) is 64.6 Å². The molecule has 1 unspecified atom stereocenters. The number of benzene rings is 1. The van der Waals surface area contributed by atoms with Gasteiger partial charge in [0.15, 0.2) is 0 Å². The van der Waals surface area contributed by atoms with E-state index in [9.17, 15) is 9.59 Å². The summed E-state index contributed by atoms with van der Waals surface area (Å²) in [5.74, 6) is 0.493. The van der Waals surface area contributed by atoms with Crippen LogP contribution in [0.3, 0.4) is 0 Å². The van der Waals surface area contributed by atoms with Crippen LogP contribution in [0.1, 0.15) is 19.3 Å². The highest BCUT2D eigenvalue weighted by Crippen LogP contribution is 2.26. The van der Waals surface area contributed by atoms with Crippen molar-refractivity contribution in [2.45, 2.75) is 25.4 Å². The SMILES string of the molecule is CN1CC(C(=O)N2CCC(Oc3nncc4ccccc34)CC2)CC1=O. The molecule has 2 saturated heterocycles. The van der Waals surface area contributed by atoms with E-state index in [0.717, 1.165) is 23.6 Å². The summed E-state index contributed by atoms with van der Waals surface area (Å²) in [6.45, 7) is 1.83. The third-order valence-corrected chi connectivity index (χ3v) is 5.26. The molecular formula is C19H22N4O3. The first-order valence-corrected chi connectivity index (χ1v) is 9.01. The van der Waals surface area contributed by atoms with Gasteiger partial charge in [0.25, 0.3) is 0 Å². The van der Waals surface area contributed by atoms with E-state index in [1.165, 1.54) is 0 Å². The lowest BCUT2D eigenvalue weighted by Gasteiger charge is -2.33. The van der Waals surface area contributed by atoms with Gasteiger partial charge in [-0.25, -0.2) is 0 Å². The zero-order valence-electron chi connectivity index (χ0n) is 14.8. The van der Waals surface area contributed by atoms with Gasteiger partial charge in [-0.15, -0.1) is 5.10 Å². The van der Waals surface area contributed by atoms with Crippen molar-refractivity contribution in [3.8, 4) is 5.88 Å². The summed E-state index contributed by atoms with van der Waals surface area (Å²) >= 11 is 0. The van der Waals surface area contributed by atoms with Crippen molar-refractivity contribution in [3.05, 3.63) is 30.5 Å². The molecule has 2 aliphatic heterocycles. The van der Waals surface area contributed by atoms with E-state index < -0.39 is 0 Å². The number of hydrogen-bond acceptors (Lipinski definition) is 5. The van der Waals surface area contributed by atoms with Gasteiger partial charge in [-0.3, -0.25) is 9.59 Å². The van der Waals surface area contributed by atoms with Crippen LogP contribution in [0.15, 0.2) is 30.5 Å². The molecule has 7 heteroatoms. The van der Waals surface area contributed by atoms with Crippen molar-refractivity contribution in [2.24, 2.45) is 5.92 Å². The molecule has 0 saturated carbocycles. The zero-order valence-corrected chi connectivity index (χ0v) is 14.8. The van der Waals surface area contributed by atoms with Gasteiger partial charge in [-0.2, -0.15) is 5.10 Å². The number of piperidine rings is 1. The summed E-state index contributed by atoms with van der Waals surface area (Å²) in [5, 5.41) is 10.1. The number of carbonyl (C=O) groups excluding carboxylic acids is 2. The molecule has 0 spiro atoms. The Morgan fingerprint density at radius 3 is 2.73 bits per heavy atom. The van der Waals surface area contributed by atoms with Crippen LogP contribution in [0.25, 0.3) is 10.8 Å². The predicted octanol–water partition coefficient (Wildman–Crippen LogP) is 1.48. The van der Waals surface area contributed by atoms with Gasteiger partial charge in [0.2, 0.25) is 17.7 Å². The minimum Gasteiger partial charge on any atom is -0.473 e. The average molecular weight is 354 g/mol. The first-order chi connectivity index (χ1) is 12.6. The van der Waals surface area contributed by atoms with Crippen LogP contribution in [0.5, 0.6) is 5.88 Å². The van der Waals surface area contributed by atoms with Crippen molar-refractivity contribution in [1.82, 2.24) is 20.0 Å². The van der Waals surface area contributed by atoms with Crippen molar-refractivity contribution < 1.29 is 14.3 Å². The summed E-state index contributed by atoms with van der Waals surface area (Å²) in [6.07, 6.45) is 3.59. The first kappa shape index (κ1) is 16.8. The summed E-state index contributed by atoms with van der Waals surface area (Å²) in [4.78, 5) is 27.8. The largest absolute Gasteiger partial charge is 0.473 e. The maximum Gasteiger partial charge on any atom is 0.241 e. The number of hydrogen-bond donors (Lipinski definition) is 0. The second-order valence-corrected chi connectivity index (χ2v) is 7.05. The normalized spacial score (nSPS) is 21.4. The maximum absolute atomic E-state index is 12.6. The molecule has 7 nitrogen and oxygen atoms in total. The fraction of sp³-hybridized carbons (Fsp3) is 0.474. The number of amides is 2. The van der Waals surface area contributed by atoms with Gasteiger partial charge in [0.05, 0.1) is 12.1 Å². The molecule has 2 fully saturated rings. The van der Waals surface area contributed by atoms with E-state index >= 15 is 0 Å². The number of likely N-dealkylation sites (tertiary alicyclic amines) is 2. The Morgan fingerprint density at radius 1 is 1.23 bits per heavy atom. The van der Waals surface area contributed by atoms with E-state index in [0.29, 0.717) is 31.9 Å². The molecule has 0 radical (unpaired) electrons. The van der Waals surface area contributed by atoms with Crippen LogP contribution in [-0.2, 0) is 9.59 Å². The van der Waals surface area contributed by atoms with Crippen molar-refractivity contribution in [2.75, 3.05) is 26.7 Å². The van der Waals surface area contributed by atoms with Gasteiger partial charge in [0.1, 0.15) is 6.10 Å². The van der Waals surface area contributed by atoms with Gasteiger partial charge in [-0.1, -0.05) is 18.2 Å². The number of rotatable bonds is 3. The Morgan fingerprint density at radius 2 is 2.00 bits per heavy atom. The van der Waals surface area contributed by atoms with Gasteiger partial charge >= 0.3 is 0 Å². The zero-order chi connectivity index (χ0) is 18.1. The number of ether oxygens (including phenoxy) is 1. The Bertz CT molecular complexity index is 827. The summed E-state index contributed by atoms with van der Waals surface area (Å²) in [5.41, 5.74) is 0. The Labute approximate surface area is 151 Å². The average Bonchev–Trinajstić information content (AvgIpc) is 3.01. The summed E-state index contributed by atoms with van der Waals surface area (Å²) in [6, 6.07) is 7.88. The van der Waals surface area contributed by atoms with E-state index in [4.69, 9.17) is 4.74 Å². The van der Waals surface area contributed by atoms with Crippen molar-refractivity contribution in [1.29, 1.82) is 0 Å². The van der Waals surface area contributed by atoms with Gasteiger partial charge < -0.3 is 14.5 Å². The highest BCUT2D eigenvalue weighted by molar-refractivity contribution is 5.89. The molecule has 1 aromatic heterocycles. The Balaban J connectivity index is 1.36. The molecular weight excluding hydrogens is 332 g/mol. The lowest BCUT2D eigenvalue weighted by atomic mass is 10.0. The second kappa shape index (κ2) is 6.90. The fourth-order valence-electron chi connectivity index (χ4n) is 3.73. The third-order valence-electron chi connectivity index (χ3n) is 5.26. The van der Waals surface area contributed by atoms with Gasteiger partial charge in [-0.05, 0) is 6.07 Å². The quantitative estimate of drug-likeness (QED) is 0.834. The topological polar surface area (TPSA) is 75.6 Å². The molecule has 26 heavy (non-hydrogen) atoms. The third kappa shape index (κ3) is 3.21. The number of carbonyl (C=O) groups is 2. The standard InChI is InChI=1S/C19H22N4O3/c1-22-12-14(10-17(22)24)19(25)23-8-6-15(7-9-23)26-18-16-5-3-2-4-13(16)11-20-21-18/h2-5,11,14-15H,6-10,12H2,1H3. The lowest BCUT2D eigenvalue weighted by molar-refractivity contribution is -0.137. The highest BCUT2D eigenvalue weighted by Gasteiger charge is 2.36. The molecule has 0 N–H and O–H groups in total. The minimum absolute atomic E-state index is 0.0204. The van der Waals surface area contributed by atoms with Gasteiger partial charge in [0, 0.05) is 56.7 Å². The predicted molar refractivity (Wildman–Crippen MR) is 95.5 cm³/mol. The highest BCUT2D eigenvalue weighted by atomic mass is 16.5. The number of aromatic nitrogens is 2. The van der Waals surface area contributed by atoms with Crippen molar-refractivity contribution >= 4 is 22.6 Å². The van der Waals surface area contributed by atoms with Crippen molar-refractivity contribution in [3.63, 3.8) is 0 Å². The second-order valence-electron chi connectivity index (χ2n) is 7.05. The molecule has 3 heterocycles. The molecule has 1 aromatic carbocycles. The summed E-state index contributed by atoms with van der Waals surface area (Å²) < 4.78 is 6.08. The molecule has 2 aromatic rings. The Kier molecular flexibility index (Phi) is 4.44. The first-order valence-electron chi connectivity index (χ1n) is 9.01. The van der Waals surface area contributed by atoms with E-state index in [1.54, 1.807) is 18.1 Å². The molecule has 136 valence electrons. The van der Waals surface area contributed by atoms with Crippen LogP contribution in [0.4, 0.5) is 0 Å². The molecule has 4 rings (SSSR count). The smallest absolute Gasteiger partial charge is 0.241 e. The molecule has 2 amide bonds. The van der Waals surface area contributed by atoms with E-state index in [1.807, 2.05) is 29.2 Å². The Hall–Kier alpha value is -2.70.